The summed E-state index contributed by atoms with van der Waals surface area (Å²) in [7, 11) is 0. The van der Waals surface area contributed by atoms with Crippen molar-refractivity contribution >= 4 is 5.97 Å². The van der Waals surface area contributed by atoms with E-state index in [-0.39, 0.29) is 16.8 Å². The van der Waals surface area contributed by atoms with Gasteiger partial charge in [-0.3, -0.25) is 0 Å². The van der Waals surface area contributed by atoms with Crippen molar-refractivity contribution in [3.05, 3.63) is 10.1 Å². The van der Waals surface area contributed by atoms with Gasteiger partial charge in [0.25, 0.3) is 0 Å². The molecule has 0 N–H and O–H groups in total. The number of carboxylic acids is 1. The van der Waals surface area contributed by atoms with E-state index in [4.69, 9.17) is 20.0 Å². The average molecular weight is 164 g/mol. The molecule has 0 aliphatic heterocycles. The van der Waals surface area contributed by atoms with Gasteiger partial charge >= 0.3 is 0 Å². The number of carbonyl (C=O) groups is 1. The first-order chi connectivity index (χ1) is 3.15. The Kier molecular flexibility index (Phi) is 31.6. The summed E-state index contributed by atoms with van der Waals surface area (Å²) in [6, 6.07) is 0. The van der Waals surface area contributed by atoms with Crippen LogP contribution in [0.25, 0.3) is 0 Å². The summed E-state index contributed by atoms with van der Waals surface area (Å²) in [6.45, 7) is 0.972. The normalized spacial score (nSPS) is 4.62. The predicted molar refractivity (Wildman–Crippen MR) is 19.8 cm³/mol. The second kappa shape index (κ2) is 16.2. The first-order valence-corrected chi connectivity index (χ1v) is 1.27. The van der Waals surface area contributed by atoms with E-state index in [1.54, 1.807) is 0 Å². The molecule has 1 radical (unpaired) electrons. The zero-order valence-corrected chi connectivity index (χ0v) is 4.95. The molecule has 0 aromatic rings. The maximum Gasteiger partial charge on any atom is 0.0383 e. The summed E-state index contributed by atoms with van der Waals surface area (Å²) in [5.41, 5.74) is 0. The Labute approximate surface area is 55.8 Å². The minimum Gasteiger partial charge on any atom is -0.550 e. The third kappa shape index (κ3) is 265. The molecule has 0 aromatic heterocycles. The summed E-state index contributed by atoms with van der Waals surface area (Å²) in [4.78, 5) is 16.9. The van der Waals surface area contributed by atoms with Gasteiger partial charge in [0.05, 0.1) is 0 Å². The maximum absolute atomic E-state index is 8.89. The van der Waals surface area contributed by atoms with Gasteiger partial charge in [-0.05, 0) is 6.92 Å². The van der Waals surface area contributed by atoms with E-state index >= 15 is 0 Å². The molecule has 8 heavy (non-hydrogen) atoms. The van der Waals surface area contributed by atoms with Crippen LogP contribution in [0.2, 0.25) is 0 Å². The van der Waals surface area contributed by atoms with Crippen LogP contribution in [0.3, 0.4) is 0 Å². The Bertz CT molecular complexity index is 61.1. The number of hydrogen-bond acceptors (Lipinski definition) is 5. The van der Waals surface area contributed by atoms with Crippen molar-refractivity contribution in [2.24, 2.45) is 5.34 Å². The number of carbonyl (C=O) groups excluding carboxylic acids is 1. The van der Waals surface area contributed by atoms with Crippen molar-refractivity contribution in [2.75, 3.05) is 0 Å². The minimum atomic E-state index is -1.08. The quantitative estimate of drug-likeness (QED) is 0.339. The van der Waals surface area contributed by atoms with Crippen molar-refractivity contribution in [3.8, 4) is 0 Å². The van der Waals surface area contributed by atoms with Gasteiger partial charge < -0.3 is 20.0 Å². The predicted octanol–water partition coefficient (Wildman–Crippen LogP) is -0.996. The molecule has 0 rings (SSSR count). The average Bonchev–Trinajstić information content (AvgIpc) is 1.33. The van der Waals surface area contributed by atoms with E-state index in [2.05, 4.69) is 0 Å². The van der Waals surface area contributed by atoms with Gasteiger partial charge in [0.2, 0.25) is 0 Å². The van der Waals surface area contributed by atoms with Crippen molar-refractivity contribution in [2.45, 2.75) is 6.92 Å². The molecule has 0 bridgehead atoms. The van der Waals surface area contributed by atoms with E-state index < -0.39 is 5.97 Å². The molecule has 5 nitrogen and oxygen atoms in total. The second-order valence-electron chi connectivity index (χ2n) is 0.566. The van der Waals surface area contributed by atoms with Gasteiger partial charge in [0.15, 0.2) is 0 Å². The Balaban J connectivity index is -0.0000000575. The Morgan fingerprint density at radius 1 is 1.62 bits per heavy atom. The molecule has 0 spiro atoms. The summed E-state index contributed by atoms with van der Waals surface area (Å²) in [5, 5.41) is 17.9. The molecule has 0 aliphatic rings. The van der Waals surface area contributed by atoms with Crippen molar-refractivity contribution in [3.63, 3.8) is 0 Å². The first-order valence-electron chi connectivity index (χ1n) is 1.27. The summed E-state index contributed by atoms with van der Waals surface area (Å²) in [6.07, 6.45) is 0. The van der Waals surface area contributed by atoms with Crippen LogP contribution >= 0.6 is 0 Å². The zero-order chi connectivity index (χ0) is 6.28. The van der Waals surface area contributed by atoms with Gasteiger partial charge in [-0.25, -0.2) is 0 Å². The van der Waals surface area contributed by atoms with E-state index in [1.165, 1.54) is 0 Å². The number of aliphatic carboxylic acids is 1. The smallest absolute Gasteiger partial charge is 0.0383 e. The van der Waals surface area contributed by atoms with Gasteiger partial charge in [0.1, 0.15) is 0 Å². The molecule has 0 heterocycles. The molecular weight excluding hydrogens is 161 g/mol. The zero-order valence-electron chi connectivity index (χ0n) is 3.91. The van der Waals surface area contributed by atoms with Crippen LogP contribution in [0.4, 0.5) is 0 Å². The van der Waals surface area contributed by atoms with E-state index in [1.807, 2.05) is 0 Å². The van der Waals surface area contributed by atoms with Crippen LogP contribution in [-0.4, -0.2) is 5.97 Å². The number of hydrogen-bond donors (Lipinski definition) is 0. The molecule has 6 heteroatoms. The third-order valence-electron chi connectivity index (χ3n) is 0. The summed E-state index contributed by atoms with van der Waals surface area (Å²) >= 11 is 0. The van der Waals surface area contributed by atoms with Crippen LogP contribution in [0.1, 0.15) is 6.92 Å². The van der Waals surface area contributed by atoms with Crippen LogP contribution < -0.4 is 5.11 Å². The molecule has 51 valence electrons. The van der Waals surface area contributed by atoms with E-state index in [0.29, 0.717) is 0 Å². The molecule has 0 amide bonds. The molecule has 0 aromatic carbocycles. The fourth-order valence-electron chi connectivity index (χ4n) is 0. The SMILES string of the molecule is CC(=O)[O-].O=N[O-].[Co]. The van der Waals surface area contributed by atoms with Gasteiger partial charge in [-0.1, -0.05) is 0 Å². The van der Waals surface area contributed by atoms with E-state index in [0.717, 1.165) is 12.3 Å². The molecule has 0 fully saturated rings. The van der Waals surface area contributed by atoms with E-state index in [9.17, 15) is 0 Å². The van der Waals surface area contributed by atoms with Crippen LogP contribution in [0, 0.1) is 10.1 Å². The van der Waals surface area contributed by atoms with Crippen LogP contribution in [0.5, 0.6) is 0 Å². The van der Waals surface area contributed by atoms with Crippen LogP contribution in [-0.2, 0) is 21.6 Å². The Morgan fingerprint density at radius 3 is 1.62 bits per heavy atom. The summed E-state index contributed by atoms with van der Waals surface area (Å²) < 4.78 is 0. The fraction of sp³-hybridized carbons (Fsp3) is 0.500. The Morgan fingerprint density at radius 2 is 1.62 bits per heavy atom. The number of rotatable bonds is 0. The molecule has 0 aliphatic carbocycles. The van der Waals surface area contributed by atoms with Gasteiger partial charge in [0, 0.05) is 22.7 Å². The monoisotopic (exact) mass is 164 g/mol. The molecular formula is C2H3CoNO4-2. The minimum absolute atomic E-state index is 0. The number of carboxylic acid groups (broad SMARTS) is 1. The third-order valence-corrected chi connectivity index (χ3v) is 0. The van der Waals surface area contributed by atoms with Crippen molar-refractivity contribution in [1.29, 1.82) is 0 Å². The molecule has 0 atom stereocenters. The molecule has 0 unspecified atom stereocenters. The summed E-state index contributed by atoms with van der Waals surface area (Å²) in [5.74, 6) is -1.08. The van der Waals surface area contributed by atoms with Gasteiger partial charge in [-0.2, -0.15) is 0 Å². The topological polar surface area (TPSA) is 92.6 Å². The van der Waals surface area contributed by atoms with Gasteiger partial charge in [-0.15, -0.1) is 5.34 Å². The Hall–Kier alpha value is -0.624. The molecule has 0 saturated heterocycles. The fourth-order valence-corrected chi connectivity index (χ4v) is 0. The largest absolute Gasteiger partial charge is 0.550 e. The maximum atomic E-state index is 8.89. The van der Waals surface area contributed by atoms with Crippen molar-refractivity contribution in [1.82, 2.24) is 0 Å². The van der Waals surface area contributed by atoms with Crippen LogP contribution in [0.15, 0.2) is 5.34 Å². The second-order valence-corrected chi connectivity index (χ2v) is 0.566. The van der Waals surface area contributed by atoms with Crippen molar-refractivity contribution < 1.29 is 26.7 Å². The first kappa shape index (κ1) is 15.7. The molecule has 0 saturated carbocycles. The standard InChI is InChI=1S/C2H4O2.Co.HNO2/c1-2(3)4;;2-1-3/h1H3,(H,3,4);;(H,2,3)/p-2. The number of nitrogens with zero attached hydrogens (tertiary/aromatic N) is 1.